The van der Waals surface area contributed by atoms with Crippen molar-refractivity contribution in [1.29, 1.82) is 0 Å². The van der Waals surface area contributed by atoms with Gasteiger partial charge in [0.2, 0.25) is 17.8 Å². The number of carboxylic acids is 1. The van der Waals surface area contributed by atoms with Crippen LogP contribution in [0.2, 0.25) is 10.0 Å². The second kappa shape index (κ2) is 28.8. The Morgan fingerprint density at radius 1 is 0.667 bits per heavy atom. The molecule has 23 heteroatoms. The molecule has 10 rings (SSSR count). The maximum absolute atomic E-state index is 12.9. The molecule has 0 bridgehead atoms. The van der Waals surface area contributed by atoms with E-state index in [9.17, 15) is 19.2 Å². The van der Waals surface area contributed by atoms with Crippen LogP contribution in [0.1, 0.15) is 72.3 Å². The summed E-state index contributed by atoms with van der Waals surface area (Å²) in [5.74, 6) is -0.553. The highest BCUT2D eigenvalue weighted by atomic mass is 79.9. The molecule has 81 heavy (non-hydrogen) atoms. The first-order valence-electron chi connectivity index (χ1n) is 26.3. The summed E-state index contributed by atoms with van der Waals surface area (Å²) >= 11 is 16.0. The van der Waals surface area contributed by atoms with Gasteiger partial charge in [-0.15, -0.1) is 0 Å². The number of rotatable bonds is 16. The molecule has 20 nitrogen and oxygen atoms in total. The van der Waals surface area contributed by atoms with Crippen LogP contribution in [0, 0.1) is 0 Å². The fourth-order valence-corrected chi connectivity index (χ4v) is 10.0. The van der Waals surface area contributed by atoms with Crippen LogP contribution in [0.4, 0.5) is 23.3 Å². The minimum absolute atomic E-state index is 0.0165. The maximum Gasteiger partial charge on any atom is 0.328 e. The third kappa shape index (κ3) is 16.9. The third-order valence-electron chi connectivity index (χ3n) is 13.2. The molecule has 8 aromatic rings. The number of carbonyl (C=O) groups excluding carboxylic acids is 3. The molecule has 10 N–H and O–H groups in total. The lowest BCUT2D eigenvalue weighted by Crippen LogP contribution is -2.42. The molecule has 6 heterocycles. The summed E-state index contributed by atoms with van der Waals surface area (Å²) in [7, 11) is 3.85. The van der Waals surface area contributed by atoms with E-state index in [2.05, 4.69) is 72.4 Å². The van der Waals surface area contributed by atoms with Gasteiger partial charge >= 0.3 is 5.97 Å². The molecule has 2 fully saturated rings. The van der Waals surface area contributed by atoms with Crippen molar-refractivity contribution in [2.24, 2.45) is 0 Å². The topological polar surface area (TPSA) is 287 Å². The Morgan fingerprint density at radius 2 is 1.19 bits per heavy atom. The molecular formula is C58H62BrCl2N15O5. The summed E-state index contributed by atoms with van der Waals surface area (Å²) in [6, 6.07) is 22.9. The lowest BCUT2D eigenvalue weighted by molar-refractivity contribution is -0.131. The quantitative estimate of drug-likeness (QED) is 0.0321. The van der Waals surface area contributed by atoms with E-state index < -0.39 is 5.97 Å². The SMILES string of the molecule is CN(C)C/C=C/C(=O)Nc1ccc(C(=O)N[C@H]2CCC[C@@H](Nc3ncc(Cl)c(-c4cccc5[nH]ccc45)n3)C2)nc1.Nc1ccc(C(=O)N[C@H]2CCC[C@@H](Nc3ncc(Cl)c(-c4cccc5[nH]ccc45)n3)C2)nc1.O=C(O)/C=C/CBr. The van der Waals surface area contributed by atoms with Crippen LogP contribution in [0.25, 0.3) is 44.3 Å². The van der Waals surface area contributed by atoms with Gasteiger partial charge in [-0.25, -0.2) is 34.7 Å². The first kappa shape index (κ1) is 58.9. The number of nitrogens with two attached hydrogens (primary N) is 1. The highest BCUT2D eigenvalue weighted by molar-refractivity contribution is 9.09. The normalized spacial score (nSPS) is 17.0. The highest BCUT2D eigenvalue weighted by Crippen LogP contribution is 2.34. The number of allylic oxidation sites excluding steroid dienone is 1. The average molecular weight is 1200 g/mol. The summed E-state index contributed by atoms with van der Waals surface area (Å²) in [5, 5.41) is 27.4. The van der Waals surface area contributed by atoms with Crippen molar-refractivity contribution in [3.63, 3.8) is 0 Å². The zero-order chi connectivity index (χ0) is 57.3. The summed E-state index contributed by atoms with van der Waals surface area (Å²) < 4.78 is 0. The summed E-state index contributed by atoms with van der Waals surface area (Å²) in [5.41, 5.74) is 12.7. The summed E-state index contributed by atoms with van der Waals surface area (Å²) in [6.07, 6.45) is 23.0. The first-order valence-corrected chi connectivity index (χ1v) is 28.2. The standard InChI is InChI=1S/C30H33ClN8O2.C24H24ClN7O.C4H5BrO2/c1-39(2)15-5-10-27(40)35-21-11-12-26(33-17-21)29(41)36-19-6-3-7-20(16-19)37-30-34-18-24(31)28(38-30)23-8-4-9-25-22(23)13-14-32-25;25-19-13-29-24(32-22(19)18-5-2-6-20-17(18)9-10-27-20)31-16-4-1-3-15(11-16)30-23(33)21-8-7-14(26)12-28-21;5-3-1-2-4(6)7/h4-5,8-14,17-20,32H,3,6-7,15-16H2,1-2H3,(H,35,40)(H,36,41)(H,34,37,38);2,5-10,12-13,15-16,27H,1,3-4,11,26H2,(H,30,33)(H,29,31,32);1-2H,3H2,(H,6,7)/b10-5+;;2-1+/t19-,20+;15-,16+;/m00./s1. The number of benzene rings is 2. The van der Waals surface area contributed by atoms with E-state index in [1.54, 1.807) is 42.7 Å². The van der Waals surface area contributed by atoms with Crippen LogP contribution in [0.3, 0.4) is 0 Å². The van der Waals surface area contributed by atoms with Gasteiger partial charge in [-0.2, -0.15) is 0 Å². The molecule has 0 unspecified atom stereocenters. The molecule has 4 atom stereocenters. The van der Waals surface area contributed by atoms with E-state index in [-0.39, 0.29) is 41.9 Å². The van der Waals surface area contributed by atoms with Crippen LogP contribution >= 0.6 is 39.1 Å². The maximum atomic E-state index is 12.9. The van der Waals surface area contributed by atoms with Crippen molar-refractivity contribution in [3.8, 4) is 22.5 Å². The molecule has 3 amide bonds. The van der Waals surface area contributed by atoms with Gasteiger partial charge in [0.15, 0.2) is 0 Å². The monoisotopic (exact) mass is 1200 g/mol. The van der Waals surface area contributed by atoms with E-state index in [0.717, 1.165) is 90.4 Å². The number of amides is 3. The predicted octanol–water partition coefficient (Wildman–Crippen LogP) is 10.3. The number of hydrogen-bond donors (Lipinski definition) is 9. The zero-order valence-corrected chi connectivity index (χ0v) is 47.6. The van der Waals surface area contributed by atoms with E-state index in [4.69, 9.17) is 44.0 Å². The van der Waals surface area contributed by atoms with E-state index >= 15 is 0 Å². The zero-order valence-electron chi connectivity index (χ0n) is 44.5. The summed E-state index contributed by atoms with van der Waals surface area (Å²) in [6.45, 7) is 0.668. The van der Waals surface area contributed by atoms with Gasteiger partial charge in [0.25, 0.3) is 11.8 Å². The highest BCUT2D eigenvalue weighted by Gasteiger charge is 2.27. The number of pyridine rings is 2. The van der Waals surface area contributed by atoms with Crippen molar-refractivity contribution in [3.05, 3.63) is 156 Å². The number of aromatic amines is 2. The van der Waals surface area contributed by atoms with Gasteiger partial charge in [0.1, 0.15) is 11.4 Å². The number of alkyl halides is 1. The number of aromatic nitrogens is 8. The number of nitrogens with zero attached hydrogens (tertiary/aromatic N) is 7. The lowest BCUT2D eigenvalue weighted by Gasteiger charge is -2.30. The molecule has 2 aromatic carbocycles. The van der Waals surface area contributed by atoms with Crippen LogP contribution in [0.15, 0.2) is 134 Å². The number of aliphatic carboxylic acids is 1. The smallest absolute Gasteiger partial charge is 0.328 e. The second-order valence-corrected chi connectivity index (χ2v) is 21.0. The van der Waals surface area contributed by atoms with E-state index in [1.165, 1.54) is 24.5 Å². The molecule has 0 saturated heterocycles. The number of carboxylic acid groups (broad SMARTS) is 1. The Labute approximate surface area is 486 Å². The average Bonchev–Trinajstić information content (AvgIpc) is 4.16. The number of H-pyrrole nitrogens is 2. The molecule has 6 aromatic heterocycles. The van der Waals surface area contributed by atoms with Gasteiger partial charge in [-0.3, -0.25) is 14.4 Å². The predicted molar refractivity (Wildman–Crippen MR) is 323 cm³/mol. The number of halogens is 3. The number of anilines is 4. The molecule has 2 aliphatic rings. The van der Waals surface area contributed by atoms with Crippen LogP contribution in [-0.2, 0) is 9.59 Å². The molecule has 0 spiro atoms. The fraction of sp³-hybridized carbons (Fsp3) is 0.276. The Bertz CT molecular complexity index is 3500. The number of likely N-dealkylation sites (N-methyl/N-ethyl adjacent to an activating group) is 1. The van der Waals surface area contributed by atoms with Crippen molar-refractivity contribution >= 4 is 108 Å². The molecule has 2 saturated carbocycles. The molecule has 420 valence electrons. The van der Waals surface area contributed by atoms with E-state index in [0.29, 0.717) is 68.0 Å². The largest absolute Gasteiger partial charge is 0.478 e. The molecule has 2 aliphatic carbocycles. The molecular weight excluding hydrogens is 1140 g/mol. The summed E-state index contributed by atoms with van der Waals surface area (Å²) in [4.78, 5) is 82.2. The van der Waals surface area contributed by atoms with Crippen LogP contribution in [0.5, 0.6) is 0 Å². The Morgan fingerprint density at radius 3 is 1.64 bits per heavy atom. The van der Waals surface area contributed by atoms with Gasteiger partial charge < -0.3 is 52.3 Å². The van der Waals surface area contributed by atoms with Crippen molar-refractivity contribution in [2.75, 3.05) is 47.7 Å². The number of nitrogens with one attached hydrogen (secondary N) is 7. The van der Waals surface area contributed by atoms with Gasteiger partial charge in [0.05, 0.1) is 57.6 Å². The minimum atomic E-state index is -0.903. The van der Waals surface area contributed by atoms with Crippen LogP contribution in [-0.4, -0.2) is 124 Å². The van der Waals surface area contributed by atoms with Crippen molar-refractivity contribution < 1.29 is 24.3 Å². The second-order valence-electron chi connectivity index (χ2n) is 19.6. The van der Waals surface area contributed by atoms with Gasteiger partial charge in [-0.1, -0.05) is 75.5 Å². The third-order valence-corrected chi connectivity index (χ3v) is 14.2. The number of hydrogen-bond acceptors (Lipinski definition) is 14. The Hall–Kier alpha value is -8.24. The fourth-order valence-electron chi connectivity index (χ4n) is 9.46. The van der Waals surface area contributed by atoms with Crippen molar-refractivity contribution in [1.82, 2.24) is 55.4 Å². The number of fused-ring (bicyclic) bond motifs is 2. The van der Waals surface area contributed by atoms with Crippen molar-refractivity contribution in [2.45, 2.75) is 75.5 Å². The first-order chi connectivity index (χ1) is 39.2. The lowest BCUT2D eigenvalue weighted by atomic mass is 9.91. The van der Waals surface area contributed by atoms with Gasteiger partial charge in [0, 0.05) is 93.5 Å². The molecule has 0 radical (unpaired) electrons. The van der Waals surface area contributed by atoms with Crippen LogP contribution < -0.4 is 32.3 Å². The molecule has 0 aliphatic heterocycles. The number of nitrogen functional groups attached to an aromatic ring is 1. The van der Waals surface area contributed by atoms with Gasteiger partial charge in [-0.05, 0) is 114 Å². The number of carbonyl (C=O) groups is 4. The van der Waals surface area contributed by atoms with E-state index in [1.807, 2.05) is 79.9 Å². The Balaban J connectivity index is 0.000000193. The minimum Gasteiger partial charge on any atom is -0.478 e. The Kier molecular flexibility index (Phi) is 20.9.